The third-order valence-corrected chi connectivity index (χ3v) is 4.96. The number of likely N-dealkylation sites (N-methyl/N-ethyl adjacent to an activating group) is 1. The lowest BCUT2D eigenvalue weighted by molar-refractivity contribution is 0.0953. The molecule has 146 valence electrons. The van der Waals surface area contributed by atoms with Crippen LogP contribution in [-0.2, 0) is 0 Å². The Morgan fingerprint density at radius 3 is 2.75 bits per heavy atom. The van der Waals surface area contributed by atoms with Gasteiger partial charge in [0.2, 0.25) is 5.95 Å². The van der Waals surface area contributed by atoms with Gasteiger partial charge in [-0.15, -0.1) is 6.42 Å². The molecule has 0 aromatic carbocycles. The van der Waals surface area contributed by atoms with Gasteiger partial charge in [0.1, 0.15) is 11.5 Å². The van der Waals surface area contributed by atoms with Gasteiger partial charge in [-0.1, -0.05) is 5.92 Å². The van der Waals surface area contributed by atoms with Gasteiger partial charge in [-0.25, -0.2) is 4.98 Å². The van der Waals surface area contributed by atoms with Crippen molar-refractivity contribution in [1.82, 2.24) is 30.4 Å². The van der Waals surface area contributed by atoms with Crippen molar-refractivity contribution < 1.29 is 4.79 Å². The standard InChI is InChI=1S/C19H24N8O/c1-3-6-20-18(28)15-12-16(22-17-11-14(24-25-17)13-4-5-13)23-19(21-15)27-9-7-26(2)8-10-27/h1,11-13H,4-10H2,2H3,(H,20,28)(H2,21,22,23,24,25). The molecule has 1 saturated heterocycles. The molecule has 9 nitrogen and oxygen atoms in total. The summed E-state index contributed by atoms with van der Waals surface area (Å²) in [6, 6.07) is 3.62. The summed E-state index contributed by atoms with van der Waals surface area (Å²) in [7, 11) is 2.09. The van der Waals surface area contributed by atoms with Gasteiger partial charge in [0.15, 0.2) is 5.82 Å². The quantitative estimate of drug-likeness (QED) is 0.641. The van der Waals surface area contributed by atoms with Crippen LogP contribution < -0.4 is 15.5 Å². The Morgan fingerprint density at radius 1 is 1.25 bits per heavy atom. The molecule has 2 fully saturated rings. The van der Waals surface area contributed by atoms with Gasteiger partial charge >= 0.3 is 0 Å². The number of carbonyl (C=O) groups excluding carboxylic acids is 1. The molecule has 1 aliphatic carbocycles. The van der Waals surface area contributed by atoms with E-state index < -0.39 is 0 Å². The summed E-state index contributed by atoms with van der Waals surface area (Å²) >= 11 is 0. The Balaban J connectivity index is 1.58. The predicted molar refractivity (Wildman–Crippen MR) is 107 cm³/mol. The molecule has 9 heteroatoms. The second-order valence-electron chi connectivity index (χ2n) is 7.22. The van der Waals surface area contributed by atoms with Crippen LogP contribution in [0.2, 0.25) is 0 Å². The van der Waals surface area contributed by atoms with Crippen molar-refractivity contribution in [3.63, 3.8) is 0 Å². The van der Waals surface area contributed by atoms with E-state index in [0.29, 0.717) is 23.5 Å². The number of aromatic nitrogens is 4. The Hall–Kier alpha value is -3.12. The lowest BCUT2D eigenvalue weighted by atomic mass is 10.3. The van der Waals surface area contributed by atoms with E-state index in [0.717, 1.165) is 31.9 Å². The SMILES string of the molecule is C#CCNC(=O)c1cc(Nc2cc(C3CC3)[nH]n2)nc(N2CCN(C)CC2)n1. The molecule has 0 radical (unpaired) electrons. The predicted octanol–water partition coefficient (Wildman–Crippen LogP) is 0.935. The highest BCUT2D eigenvalue weighted by molar-refractivity contribution is 5.93. The van der Waals surface area contributed by atoms with Gasteiger partial charge in [0.25, 0.3) is 5.91 Å². The number of nitrogens with zero attached hydrogens (tertiary/aromatic N) is 5. The highest BCUT2D eigenvalue weighted by Crippen LogP contribution is 2.39. The number of amides is 1. The number of anilines is 3. The van der Waals surface area contributed by atoms with Crippen molar-refractivity contribution in [3.05, 3.63) is 23.5 Å². The normalized spacial score (nSPS) is 17.2. The van der Waals surface area contributed by atoms with Crippen molar-refractivity contribution in [3.8, 4) is 12.3 Å². The van der Waals surface area contributed by atoms with Gasteiger partial charge in [0, 0.05) is 49.9 Å². The fraction of sp³-hybridized carbons (Fsp3) is 0.474. The number of nitrogens with one attached hydrogen (secondary N) is 3. The Bertz CT molecular complexity index is 890. The van der Waals surface area contributed by atoms with E-state index in [2.05, 4.69) is 53.6 Å². The lowest BCUT2D eigenvalue weighted by Gasteiger charge is -2.32. The zero-order valence-corrected chi connectivity index (χ0v) is 15.9. The Kier molecular flexibility index (Phi) is 5.12. The third-order valence-electron chi connectivity index (χ3n) is 4.96. The zero-order valence-electron chi connectivity index (χ0n) is 15.9. The maximum atomic E-state index is 12.4. The molecule has 2 aromatic heterocycles. The number of terminal acetylenes is 1. The minimum Gasteiger partial charge on any atom is -0.340 e. The molecular formula is C19H24N8O. The minimum atomic E-state index is -0.320. The number of carbonyl (C=O) groups is 1. The van der Waals surface area contributed by atoms with Crippen LogP contribution >= 0.6 is 0 Å². The van der Waals surface area contributed by atoms with Crippen molar-refractivity contribution in [2.45, 2.75) is 18.8 Å². The first-order chi connectivity index (χ1) is 13.6. The molecular weight excluding hydrogens is 356 g/mol. The van der Waals surface area contributed by atoms with Gasteiger partial charge in [-0.05, 0) is 19.9 Å². The topological polar surface area (TPSA) is 102 Å². The summed E-state index contributed by atoms with van der Waals surface area (Å²) in [5.41, 5.74) is 1.41. The van der Waals surface area contributed by atoms with Gasteiger partial charge in [-0.2, -0.15) is 10.1 Å². The molecule has 0 unspecified atom stereocenters. The summed E-state index contributed by atoms with van der Waals surface area (Å²) in [5, 5.41) is 13.2. The largest absolute Gasteiger partial charge is 0.340 e. The van der Waals surface area contributed by atoms with E-state index >= 15 is 0 Å². The van der Waals surface area contributed by atoms with Crippen LogP contribution in [0.4, 0.5) is 17.6 Å². The summed E-state index contributed by atoms with van der Waals surface area (Å²) in [4.78, 5) is 25.9. The fourth-order valence-electron chi connectivity index (χ4n) is 3.12. The maximum Gasteiger partial charge on any atom is 0.270 e. The second kappa shape index (κ2) is 7.86. The van der Waals surface area contributed by atoms with Crippen LogP contribution in [0, 0.1) is 12.3 Å². The van der Waals surface area contributed by atoms with E-state index in [9.17, 15) is 4.79 Å². The molecule has 1 amide bonds. The molecule has 2 aliphatic rings. The number of hydrogen-bond acceptors (Lipinski definition) is 7. The van der Waals surface area contributed by atoms with Crippen molar-refractivity contribution in [2.75, 3.05) is 50.0 Å². The zero-order chi connectivity index (χ0) is 19.5. The third kappa shape index (κ3) is 4.23. The number of piperazine rings is 1. The Labute approximate surface area is 163 Å². The van der Waals surface area contributed by atoms with Gasteiger partial charge in [0.05, 0.1) is 6.54 Å². The first-order valence-electron chi connectivity index (χ1n) is 9.49. The second-order valence-corrected chi connectivity index (χ2v) is 7.22. The van der Waals surface area contributed by atoms with Crippen molar-refractivity contribution >= 4 is 23.5 Å². The van der Waals surface area contributed by atoms with Crippen molar-refractivity contribution in [1.29, 1.82) is 0 Å². The summed E-state index contributed by atoms with van der Waals surface area (Å²) < 4.78 is 0. The van der Waals surface area contributed by atoms with E-state index in [1.54, 1.807) is 6.07 Å². The molecule has 28 heavy (non-hydrogen) atoms. The van der Waals surface area contributed by atoms with Crippen LogP contribution in [-0.4, -0.2) is 70.7 Å². The lowest BCUT2D eigenvalue weighted by Crippen LogP contribution is -2.45. The van der Waals surface area contributed by atoms with Gasteiger partial charge in [-0.3, -0.25) is 9.89 Å². The van der Waals surface area contributed by atoms with Crippen LogP contribution in [0.1, 0.15) is 34.9 Å². The van der Waals surface area contributed by atoms with Crippen LogP contribution in [0.15, 0.2) is 12.1 Å². The number of aromatic amines is 1. The molecule has 3 heterocycles. The average Bonchev–Trinajstić information content (AvgIpc) is 3.46. The van der Waals surface area contributed by atoms with Crippen LogP contribution in [0.3, 0.4) is 0 Å². The van der Waals surface area contributed by atoms with E-state index in [1.807, 2.05) is 6.07 Å². The fourth-order valence-corrected chi connectivity index (χ4v) is 3.12. The van der Waals surface area contributed by atoms with Crippen LogP contribution in [0.5, 0.6) is 0 Å². The molecule has 0 atom stereocenters. The molecule has 0 spiro atoms. The van der Waals surface area contributed by atoms with Gasteiger partial charge < -0.3 is 20.4 Å². The summed E-state index contributed by atoms with van der Waals surface area (Å²) in [5.74, 6) is 4.41. The minimum absolute atomic E-state index is 0.152. The number of hydrogen-bond donors (Lipinski definition) is 3. The smallest absolute Gasteiger partial charge is 0.270 e. The van der Waals surface area contributed by atoms with E-state index in [4.69, 9.17) is 6.42 Å². The highest BCUT2D eigenvalue weighted by Gasteiger charge is 2.26. The number of rotatable bonds is 6. The first-order valence-corrected chi connectivity index (χ1v) is 9.49. The average molecular weight is 380 g/mol. The molecule has 4 rings (SSSR count). The maximum absolute atomic E-state index is 12.4. The molecule has 1 saturated carbocycles. The van der Waals surface area contributed by atoms with E-state index in [-0.39, 0.29) is 18.1 Å². The molecule has 3 N–H and O–H groups in total. The monoisotopic (exact) mass is 380 g/mol. The molecule has 2 aromatic rings. The van der Waals surface area contributed by atoms with E-state index in [1.165, 1.54) is 12.8 Å². The molecule has 1 aliphatic heterocycles. The Morgan fingerprint density at radius 2 is 2.04 bits per heavy atom. The number of H-pyrrole nitrogens is 1. The first kappa shape index (κ1) is 18.3. The van der Waals surface area contributed by atoms with Crippen LogP contribution in [0.25, 0.3) is 0 Å². The highest BCUT2D eigenvalue weighted by atomic mass is 16.1. The van der Waals surface area contributed by atoms with Crippen molar-refractivity contribution in [2.24, 2.45) is 0 Å². The summed E-state index contributed by atoms with van der Waals surface area (Å²) in [6.45, 7) is 3.60. The summed E-state index contributed by atoms with van der Waals surface area (Å²) in [6.07, 6.45) is 7.64. The molecule has 0 bridgehead atoms.